The number of carbonyl (C=O) groups excluding carboxylic acids is 1. The molecule has 0 unspecified atom stereocenters. The van der Waals surface area contributed by atoms with Crippen LogP contribution in [-0.2, 0) is 18.3 Å². The Kier molecular flexibility index (Phi) is 7.12. The number of hydrogen-bond acceptors (Lipinski definition) is 4. The van der Waals surface area contributed by atoms with Gasteiger partial charge in [0.05, 0.1) is 10.8 Å². The third-order valence-corrected chi connectivity index (χ3v) is 5.75. The van der Waals surface area contributed by atoms with E-state index in [-0.39, 0.29) is 11.9 Å². The minimum Gasteiger partial charge on any atom is -0.353 e. The highest BCUT2D eigenvalue weighted by atomic mass is 35.5. The van der Waals surface area contributed by atoms with Crippen molar-refractivity contribution in [2.75, 3.05) is 5.75 Å². The summed E-state index contributed by atoms with van der Waals surface area (Å²) >= 11 is 7.61. The van der Waals surface area contributed by atoms with Crippen LogP contribution in [0.1, 0.15) is 18.9 Å². The first kappa shape index (κ1) is 20.4. The van der Waals surface area contributed by atoms with E-state index >= 15 is 0 Å². The summed E-state index contributed by atoms with van der Waals surface area (Å²) in [7, 11) is 1.88. The van der Waals surface area contributed by atoms with Gasteiger partial charge in [0.1, 0.15) is 0 Å². The van der Waals surface area contributed by atoms with Crippen molar-refractivity contribution in [2.45, 2.75) is 31.0 Å². The van der Waals surface area contributed by atoms with E-state index in [1.165, 1.54) is 17.3 Å². The van der Waals surface area contributed by atoms with Crippen LogP contribution in [-0.4, -0.2) is 32.5 Å². The van der Waals surface area contributed by atoms with Gasteiger partial charge in [0.15, 0.2) is 11.0 Å². The van der Waals surface area contributed by atoms with Gasteiger partial charge in [-0.1, -0.05) is 65.8 Å². The van der Waals surface area contributed by atoms with Crippen LogP contribution in [0.4, 0.5) is 0 Å². The van der Waals surface area contributed by atoms with Gasteiger partial charge in [-0.05, 0) is 37.5 Å². The Morgan fingerprint density at radius 1 is 1.14 bits per heavy atom. The molecule has 0 bridgehead atoms. The third kappa shape index (κ3) is 5.36. The molecule has 0 aliphatic heterocycles. The predicted octanol–water partition coefficient (Wildman–Crippen LogP) is 4.37. The minimum absolute atomic E-state index is 0.00662. The number of amides is 1. The Morgan fingerprint density at radius 2 is 1.86 bits per heavy atom. The van der Waals surface area contributed by atoms with E-state index < -0.39 is 0 Å². The fourth-order valence-corrected chi connectivity index (χ4v) is 3.81. The SMILES string of the molecule is C[C@H](CCc1ccccc1)NC(=O)CSc1nnc(-c2ccccc2Cl)n1C. The molecule has 0 saturated carbocycles. The van der Waals surface area contributed by atoms with Gasteiger partial charge < -0.3 is 9.88 Å². The Labute approximate surface area is 174 Å². The second kappa shape index (κ2) is 9.75. The lowest BCUT2D eigenvalue weighted by Gasteiger charge is -2.13. The van der Waals surface area contributed by atoms with E-state index in [1.54, 1.807) is 0 Å². The topological polar surface area (TPSA) is 59.8 Å². The molecule has 3 aromatic rings. The number of halogens is 1. The van der Waals surface area contributed by atoms with Crippen molar-refractivity contribution < 1.29 is 4.79 Å². The maximum absolute atomic E-state index is 12.3. The zero-order valence-corrected chi connectivity index (χ0v) is 17.5. The summed E-state index contributed by atoms with van der Waals surface area (Å²) in [4.78, 5) is 12.3. The van der Waals surface area contributed by atoms with E-state index in [2.05, 4.69) is 27.6 Å². The molecule has 5 nitrogen and oxygen atoms in total. The van der Waals surface area contributed by atoms with Gasteiger partial charge >= 0.3 is 0 Å². The second-order valence-electron chi connectivity index (χ2n) is 6.63. The molecular formula is C21H23ClN4OS. The molecule has 1 heterocycles. The summed E-state index contributed by atoms with van der Waals surface area (Å²) in [5.41, 5.74) is 2.11. The van der Waals surface area contributed by atoms with Crippen molar-refractivity contribution in [1.29, 1.82) is 0 Å². The Balaban J connectivity index is 1.50. The number of rotatable bonds is 8. The van der Waals surface area contributed by atoms with Gasteiger partial charge in [0, 0.05) is 18.7 Å². The van der Waals surface area contributed by atoms with E-state index in [0.29, 0.717) is 21.8 Å². The molecule has 0 radical (unpaired) electrons. The van der Waals surface area contributed by atoms with Gasteiger partial charge in [-0.15, -0.1) is 10.2 Å². The monoisotopic (exact) mass is 414 g/mol. The first-order valence-corrected chi connectivity index (χ1v) is 10.5. The molecule has 2 aromatic carbocycles. The average molecular weight is 415 g/mol. The van der Waals surface area contributed by atoms with Crippen molar-refractivity contribution in [3.05, 3.63) is 65.2 Å². The molecule has 0 saturated heterocycles. The molecule has 0 aliphatic carbocycles. The van der Waals surface area contributed by atoms with Crippen LogP contribution >= 0.6 is 23.4 Å². The normalized spacial score (nSPS) is 12.0. The Morgan fingerprint density at radius 3 is 2.61 bits per heavy atom. The largest absolute Gasteiger partial charge is 0.353 e. The lowest BCUT2D eigenvalue weighted by Crippen LogP contribution is -2.34. The van der Waals surface area contributed by atoms with Gasteiger partial charge in [-0.3, -0.25) is 4.79 Å². The van der Waals surface area contributed by atoms with E-state index in [4.69, 9.17) is 11.6 Å². The van der Waals surface area contributed by atoms with E-state index in [0.717, 1.165) is 18.4 Å². The zero-order chi connectivity index (χ0) is 19.9. The van der Waals surface area contributed by atoms with Gasteiger partial charge in [-0.25, -0.2) is 0 Å². The molecule has 1 N–H and O–H groups in total. The maximum Gasteiger partial charge on any atom is 0.230 e. The molecular weight excluding hydrogens is 392 g/mol. The lowest BCUT2D eigenvalue weighted by atomic mass is 10.1. The fourth-order valence-electron chi connectivity index (χ4n) is 2.86. The second-order valence-corrected chi connectivity index (χ2v) is 7.98. The number of aryl methyl sites for hydroxylation is 1. The molecule has 0 aliphatic rings. The summed E-state index contributed by atoms with van der Waals surface area (Å²) in [5, 5.41) is 12.8. The molecule has 3 rings (SSSR count). The number of thioether (sulfide) groups is 1. The van der Waals surface area contributed by atoms with Crippen LogP contribution in [0.3, 0.4) is 0 Å². The van der Waals surface area contributed by atoms with Crippen molar-refractivity contribution in [3.8, 4) is 11.4 Å². The molecule has 7 heteroatoms. The van der Waals surface area contributed by atoms with Crippen LogP contribution in [0, 0.1) is 0 Å². The van der Waals surface area contributed by atoms with Crippen LogP contribution < -0.4 is 5.32 Å². The highest BCUT2D eigenvalue weighted by Gasteiger charge is 2.15. The number of aromatic nitrogens is 3. The lowest BCUT2D eigenvalue weighted by molar-refractivity contribution is -0.119. The smallest absolute Gasteiger partial charge is 0.230 e. The zero-order valence-electron chi connectivity index (χ0n) is 15.9. The number of hydrogen-bond donors (Lipinski definition) is 1. The van der Waals surface area contributed by atoms with Crippen molar-refractivity contribution in [1.82, 2.24) is 20.1 Å². The van der Waals surface area contributed by atoms with Gasteiger partial charge in [0.2, 0.25) is 5.91 Å². The van der Waals surface area contributed by atoms with Crippen molar-refractivity contribution in [2.24, 2.45) is 7.05 Å². The Hall–Kier alpha value is -2.31. The first-order chi connectivity index (χ1) is 13.5. The summed E-state index contributed by atoms with van der Waals surface area (Å²) in [6, 6.07) is 17.9. The van der Waals surface area contributed by atoms with Crippen LogP contribution in [0.15, 0.2) is 59.8 Å². The summed E-state index contributed by atoms with van der Waals surface area (Å²) in [6.07, 6.45) is 1.85. The predicted molar refractivity (Wildman–Crippen MR) is 115 cm³/mol. The van der Waals surface area contributed by atoms with E-state index in [1.807, 2.05) is 61.0 Å². The molecule has 0 spiro atoms. The molecule has 1 aromatic heterocycles. The number of benzene rings is 2. The van der Waals surface area contributed by atoms with Gasteiger partial charge in [0.25, 0.3) is 0 Å². The quantitative estimate of drug-likeness (QED) is 0.556. The number of carbonyl (C=O) groups is 1. The van der Waals surface area contributed by atoms with Crippen molar-refractivity contribution in [3.63, 3.8) is 0 Å². The molecule has 0 fully saturated rings. The average Bonchev–Trinajstić information content (AvgIpc) is 3.06. The van der Waals surface area contributed by atoms with Crippen LogP contribution in [0.25, 0.3) is 11.4 Å². The van der Waals surface area contributed by atoms with Gasteiger partial charge in [-0.2, -0.15) is 0 Å². The summed E-state index contributed by atoms with van der Waals surface area (Å²) in [5.74, 6) is 0.974. The highest BCUT2D eigenvalue weighted by Crippen LogP contribution is 2.28. The number of nitrogens with one attached hydrogen (secondary N) is 1. The van der Waals surface area contributed by atoms with E-state index in [9.17, 15) is 4.79 Å². The highest BCUT2D eigenvalue weighted by molar-refractivity contribution is 7.99. The molecule has 1 atom stereocenters. The summed E-state index contributed by atoms with van der Waals surface area (Å²) < 4.78 is 1.86. The molecule has 146 valence electrons. The van der Waals surface area contributed by atoms with Crippen LogP contribution in [0.5, 0.6) is 0 Å². The Bertz CT molecular complexity index is 929. The number of nitrogens with zero attached hydrogens (tertiary/aromatic N) is 3. The standard InChI is InChI=1S/C21H23ClN4OS/c1-15(12-13-16-8-4-3-5-9-16)23-19(27)14-28-21-25-24-20(26(21)2)17-10-6-7-11-18(17)22/h3-11,15H,12-14H2,1-2H3,(H,23,27)/t15-/m1/s1. The van der Waals surface area contributed by atoms with Crippen LogP contribution in [0.2, 0.25) is 5.02 Å². The third-order valence-electron chi connectivity index (χ3n) is 4.40. The summed E-state index contributed by atoms with van der Waals surface area (Å²) in [6.45, 7) is 2.03. The molecule has 28 heavy (non-hydrogen) atoms. The molecule has 1 amide bonds. The fraction of sp³-hybridized carbons (Fsp3) is 0.286. The first-order valence-electron chi connectivity index (χ1n) is 9.15. The van der Waals surface area contributed by atoms with Crippen molar-refractivity contribution >= 4 is 29.3 Å². The maximum atomic E-state index is 12.3. The minimum atomic E-state index is -0.00662.